The summed E-state index contributed by atoms with van der Waals surface area (Å²) in [5.74, 6) is -1.14. The van der Waals surface area contributed by atoms with Crippen LogP contribution in [0.25, 0.3) is 0 Å². The minimum absolute atomic E-state index is 0.00289. The summed E-state index contributed by atoms with van der Waals surface area (Å²) >= 11 is 0. The highest BCUT2D eigenvalue weighted by molar-refractivity contribution is 5.96. The molecule has 0 spiro atoms. The maximum atomic E-state index is 11.7. The average molecular weight is 325 g/mol. The summed E-state index contributed by atoms with van der Waals surface area (Å²) in [6, 6.07) is 1.91. The summed E-state index contributed by atoms with van der Waals surface area (Å²) in [6.45, 7) is 0.296. The fourth-order valence-electron chi connectivity index (χ4n) is 2.16. The standard InChI is InChI=1S/C12H11N3O8/c1-22-12(17)23-11-8(14(18)19)5-7(6-9(11)15(20)21)13-4-2-3-10(13)16/h5-6H,2-4H2,1H3. The molecule has 2 rings (SSSR count). The minimum Gasteiger partial charge on any atom is -0.437 e. The molecule has 0 radical (unpaired) electrons. The van der Waals surface area contributed by atoms with Crippen LogP contribution in [0.15, 0.2) is 12.1 Å². The molecule has 11 heteroatoms. The molecular formula is C12H11N3O8. The zero-order chi connectivity index (χ0) is 17.1. The van der Waals surface area contributed by atoms with Crippen LogP contribution in [0.3, 0.4) is 0 Å². The van der Waals surface area contributed by atoms with Gasteiger partial charge in [-0.15, -0.1) is 0 Å². The van der Waals surface area contributed by atoms with Gasteiger partial charge >= 0.3 is 17.5 Å². The summed E-state index contributed by atoms with van der Waals surface area (Å²) in [6.07, 6.45) is -0.538. The first-order valence-electron chi connectivity index (χ1n) is 6.38. The van der Waals surface area contributed by atoms with E-state index >= 15 is 0 Å². The SMILES string of the molecule is COC(=O)Oc1c([N+](=O)[O-])cc(N2CCCC2=O)cc1[N+](=O)[O-]. The van der Waals surface area contributed by atoms with E-state index in [4.69, 9.17) is 0 Å². The Hall–Kier alpha value is -3.24. The number of nitrogens with zero attached hydrogens (tertiary/aromatic N) is 3. The third-order valence-electron chi connectivity index (χ3n) is 3.17. The second kappa shape index (κ2) is 6.25. The van der Waals surface area contributed by atoms with Crippen molar-refractivity contribution in [3.63, 3.8) is 0 Å². The first-order chi connectivity index (χ1) is 10.8. The molecule has 23 heavy (non-hydrogen) atoms. The molecule has 1 aliphatic rings. The monoisotopic (exact) mass is 325 g/mol. The van der Waals surface area contributed by atoms with Crippen LogP contribution in [0.4, 0.5) is 21.9 Å². The van der Waals surface area contributed by atoms with Crippen LogP contribution in [0.2, 0.25) is 0 Å². The Morgan fingerprint density at radius 3 is 2.17 bits per heavy atom. The molecule has 1 aromatic carbocycles. The van der Waals surface area contributed by atoms with Crippen LogP contribution in [0.1, 0.15) is 12.8 Å². The molecule has 1 amide bonds. The Labute approximate surface area is 128 Å². The second-order valence-electron chi connectivity index (χ2n) is 4.53. The lowest BCUT2D eigenvalue weighted by Gasteiger charge is -2.16. The fourth-order valence-corrected chi connectivity index (χ4v) is 2.16. The topological polar surface area (TPSA) is 142 Å². The van der Waals surface area contributed by atoms with E-state index in [2.05, 4.69) is 9.47 Å². The molecule has 0 bridgehead atoms. The van der Waals surface area contributed by atoms with Gasteiger partial charge in [-0.3, -0.25) is 25.0 Å². The molecule has 1 heterocycles. The molecular weight excluding hydrogens is 314 g/mol. The van der Waals surface area contributed by atoms with Crippen molar-refractivity contribution in [2.24, 2.45) is 0 Å². The molecule has 0 aliphatic carbocycles. The Morgan fingerprint density at radius 2 is 1.78 bits per heavy atom. The smallest absolute Gasteiger partial charge is 0.437 e. The fraction of sp³-hybridized carbons (Fsp3) is 0.333. The number of rotatable bonds is 4. The van der Waals surface area contributed by atoms with Crippen LogP contribution in [-0.2, 0) is 9.53 Å². The number of amides is 1. The van der Waals surface area contributed by atoms with Gasteiger partial charge in [-0.05, 0) is 6.42 Å². The highest BCUT2D eigenvalue weighted by Crippen LogP contribution is 2.41. The van der Waals surface area contributed by atoms with E-state index in [9.17, 15) is 29.8 Å². The number of carbonyl (C=O) groups is 2. The van der Waals surface area contributed by atoms with Gasteiger partial charge in [-0.1, -0.05) is 0 Å². The quantitative estimate of drug-likeness (QED) is 0.353. The molecule has 0 unspecified atom stereocenters. The van der Waals surface area contributed by atoms with Gasteiger partial charge in [0.1, 0.15) is 0 Å². The van der Waals surface area contributed by atoms with E-state index in [-0.39, 0.29) is 18.0 Å². The molecule has 1 aliphatic heterocycles. The molecule has 0 N–H and O–H groups in total. The van der Waals surface area contributed by atoms with E-state index in [1.54, 1.807) is 0 Å². The number of nitro groups is 2. The number of hydrogen-bond donors (Lipinski definition) is 0. The molecule has 1 saturated heterocycles. The van der Waals surface area contributed by atoms with E-state index in [0.717, 1.165) is 19.2 Å². The first-order valence-corrected chi connectivity index (χ1v) is 6.38. The van der Waals surface area contributed by atoms with Crippen molar-refractivity contribution in [1.29, 1.82) is 0 Å². The van der Waals surface area contributed by atoms with E-state index in [0.29, 0.717) is 13.0 Å². The van der Waals surface area contributed by atoms with Crippen LogP contribution in [-0.4, -0.2) is 35.6 Å². The largest absolute Gasteiger partial charge is 0.514 e. The summed E-state index contributed by atoms with van der Waals surface area (Å²) in [5.41, 5.74) is -1.61. The average Bonchev–Trinajstić information content (AvgIpc) is 2.92. The zero-order valence-electron chi connectivity index (χ0n) is 11.9. The van der Waals surface area contributed by atoms with Crippen LogP contribution in [0, 0.1) is 20.2 Å². The molecule has 0 atom stereocenters. The predicted octanol–water partition coefficient (Wildman–Crippen LogP) is 1.77. The van der Waals surface area contributed by atoms with Gasteiger partial charge in [0.2, 0.25) is 5.91 Å². The van der Waals surface area contributed by atoms with Gasteiger partial charge in [-0.2, -0.15) is 0 Å². The number of nitro benzene ring substituents is 2. The molecule has 11 nitrogen and oxygen atoms in total. The highest BCUT2D eigenvalue weighted by atomic mass is 16.7. The lowest BCUT2D eigenvalue weighted by Crippen LogP contribution is -2.24. The zero-order valence-corrected chi connectivity index (χ0v) is 11.9. The Morgan fingerprint density at radius 1 is 1.22 bits per heavy atom. The second-order valence-corrected chi connectivity index (χ2v) is 4.53. The van der Waals surface area contributed by atoms with Crippen molar-refractivity contribution in [2.75, 3.05) is 18.6 Å². The lowest BCUT2D eigenvalue weighted by atomic mass is 10.2. The maximum absolute atomic E-state index is 11.7. The van der Waals surface area contributed by atoms with E-state index in [1.165, 1.54) is 4.90 Å². The van der Waals surface area contributed by atoms with Crippen LogP contribution in [0.5, 0.6) is 5.75 Å². The summed E-state index contributed by atoms with van der Waals surface area (Å²) in [7, 11) is 0.956. The molecule has 0 aromatic heterocycles. The van der Waals surface area contributed by atoms with Crippen molar-refractivity contribution in [2.45, 2.75) is 12.8 Å². The van der Waals surface area contributed by atoms with Crippen molar-refractivity contribution in [1.82, 2.24) is 0 Å². The van der Waals surface area contributed by atoms with Gasteiger partial charge in [-0.25, -0.2) is 4.79 Å². The van der Waals surface area contributed by atoms with Crippen molar-refractivity contribution < 1.29 is 28.9 Å². The molecule has 1 fully saturated rings. The number of hydrogen-bond acceptors (Lipinski definition) is 8. The third kappa shape index (κ3) is 3.17. The molecule has 1 aromatic rings. The number of methoxy groups -OCH3 is 1. The Balaban J connectivity index is 2.61. The van der Waals surface area contributed by atoms with Gasteiger partial charge in [0.15, 0.2) is 0 Å². The number of ether oxygens (including phenoxy) is 2. The van der Waals surface area contributed by atoms with Crippen molar-refractivity contribution in [3.05, 3.63) is 32.4 Å². The number of benzene rings is 1. The summed E-state index contributed by atoms with van der Waals surface area (Å²) < 4.78 is 8.74. The predicted molar refractivity (Wildman–Crippen MR) is 74.4 cm³/mol. The third-order valence-corrected chi connectivity index (χ3v) is 3.17. The summed E-state index contributed by atoms with van der Waals surface area (Å²) in [4.78, 5) is 44.6. The van der Waals surface area contributed by atoms with E-state index < -0.39 is 33.1 Å². The van der Waals surface area contributed by atoms with Crippen LogP contribution >= 0.6 is 0 Å². The summed E-state index contributed by atoms with van der Waals surface area (Å²) in [5, 5.41) is 22.3. The highest BCUT2D eigenvalue weighted by Gasteiger charge is 2.34. The van der Waals surface area contributed by atoms with Crippen molar-refractivity contribution in [3.8, 4) is 5.75 Å². The van der Waals surface area contributed by atoms with Gasteiger partial charge in [0, 0.05) is 25.1 Å². The number of carbonyl (C=O) groups excluding carboxylic acids is 2. The lowest BCUT2D eigenvalue weighted by molar-refractivity contribution is -0.395. The Bertz CT molecular complexity index is 667. The van der Waals surface area contributed by atoms with E-state index in [1.807, 2.05) is 0 Å². The van der Waals surface area contributed by atoms with Gasteiger partial charge in [0.25, 0.3) is 5.75 Å². The number of anilines is 1. The van der Waals surface area contributed by atoms with Gasteiger partial charge < -0.3 is 14.4 Å². The maximum Gasteiger partial charge on any atom is 0.514 e. The Kier molecular flexibility index (Phi) is 4.39. The minimum atomic E-state index is -1.33. The first kappa shape index (κ1) is 16.1. The van der Waals surface area contributed by atoms with Crippen LogP contribution < -0.4 is 9.64 Å². The van der Waals surface area contributed by atoms with Gasteiger partial charge in [0.05, 0.1) is 22.6 Å². The van der Waals surface area contributed by atoms with Crippen molar-refractivity contribution >= 4 is 29.1 Å². The normalized spacial score (nSPS) is 13.8. The molecule has 122 valence electrons. The molecule has 0 saturated carbocycles.